The zero-order chi connectivity index (χ0) is 14.4. The summed E-state index contributed by atoms with van der Waals surface area (Å²) in [6.07, 6.45) is 7.10. The van der Waals surface area contributed by atoms with E-state index in [1.54, 1.807) is 12.1 Å². The molecule has 2 N–H and O–H groups in total. The van der Waals surface area contributed by atoms with Gasteiger partial charge in [-0.25, -0.2) is 18.1 Å². The van der Waals surface area contributed by atoms with E-state index in [4.69, 9.17) is 0 Å². The van der Waals surface area contributed by atoms with E-state index < -0.39 is 10.0 Å². The quantitative estimate of drug-likeness (QED) is 0.810. The first-order valence-electron chi connectivity index (χ1n) is 7.31. The Balaban J connectivity index is 1.94. The first-order valence-corrected chi connectivity index (χ1v) is 8.79. The van der Waals surface area contributed by atoms with Crippen molar-refractivity contribution in [2.45, 2.75) is 43.9 Å². The second-order valence-corrected chi connectivity index (χ2v) is 7.08. The molecule has 5 nitrogen and oxygen atoms in total. The summed E-state index contributed by atoms with van der Waals surface area (Å²) < 4.78 is 27.0. The van der Waals surface area contributed by atoms with Crippen LogP contribution in [-0.2, 0) is 10.0 Å². The molecule has 1 saturated carbocycles. The molecule has 0 aromatic carbocycles. The summed E-state index contributed by atoms with van der Waals surface area (Å²) in [5.41, 5.74) is 0. The van der Waals surface area contributed by atoms with Crippen LogP contribution in [0.2, 0.25) is 0 Å². The molecule has 0 amide bonds. The molecule has 1 aliphatic rings. The Kier molecular flexibility index (Phi) is 5.37. The van der Waals surface area contributed by atoms with Gasteiger partial charge in [0.2, 0.25) is 10.0 Å². The Morgan fingerprint density at radius 2 is 2.05 bits per heavy atom. The van der Waals surface area contributed by atoms with Gasteiger partial charge in [-0.2, -0.15) is 0 Å². The lowest BCUT2D eigenvalue weighted by atomic mass is 10.1. The third-order valence-electron chi connectivity index (χ3n) is 3.64. The first kappa shape index (κ1) is 15.3. The highest BCUT2D eigenvalue weighted by Crippen LogP contribution is 2.24. The molecule has 20 heavy (non-hydrogen) atoms. The molecule has 1 aromatic heterocycles. The maximum absolute atomic E-state index is 12.1. The van der Waals surface area contributed by atoms with Gasteiger partial charge in [0.15, 0.2) is 0 Å². The number of aromatic nitrogens is 1. The van der Waals surface area contributed by atoms with Crippen LogP contribution in [0.3, 0.4) is 0 Å². The third kappa shape index (κ3) is 4.18. The average Bonchev–Trinajstić information content (AvgIpc) is 2.97. The van der Waals surface area contributed by atoms with Gasteiger partial charge in [0.25, 0.3) is 0 Å². The van der Waals surface area contributed by atoms with Gasteiger partial charge in [0.1, 0.15) is 10.7 Å². The zero-order valence-electron chi connectivity index (χ0n) is 11.9. The fraction of sp³-hybridized carbons (Fsp3) is 0.643. The van der Waals surface area contributed by atoms with Crippen molar-refractivity contribution in [1.29, 1.82) is 0 Å². The third-order valence-corrected chi connectivity index (χ3v) is 5.05. The van der Waals surface area contributed by atoms with Gasteiger partial charge in [-0.05, 0) is 37.3 Å². The van der Waals surface area contributed by atoms with E-state index in [2.05, 4.69) is 21.9 Å². The van der Waals surface area contributed by atoms with Crippen LogP contribution >= 0.6 is 0 Å². The van der Waals surface area contributed by atoms with Crippen LogP contribution in [-0.4, -0.2) is 26.5 Å². The van der Waals surface area contributed by atoms with Gasteiger partial charge in [-0.15, -0.1) is 0 Å². The molecule has 1 heterocycles. The number of hydrogen-bond donors (Lipinski definition) is 2. The SMILES string of the molecule is CCCNc1ccc(S(=O)(=O)NCC2CCCC2)cn1. The molecule has 1 fully saturated rings. The molecule has 112 valence electrons. The number of anilines is 1. The van der Waals surface area contributed by atoms with E-state index >= 15 is 0 Å². The summed E-state index contributed by atoms with van der Waals surface area (Å²) in [5.74, 6) is 1.20. The fourth-order valence-corrected chi connectivity index (χ4v) is 3.48. The maximum Gasteiger partial charge on any atom is 0.242 e. The van der Waals surface area contributed by atoms with Gasteiger partial charge < -0.3 is 5.32 Å². The molecule has 0 atom stereocenters. The van der Waals surface area contributed by atoms with Crippen LogP contribution in [0.25, 0.3) is 0 Å². The number of nitrogens with zero attached hydrogens (tertiary/aromatic N) is 1. The molecular formula is C14H23N3O2S. The maximum atomic E-state index is 12.1. The van der Waals surface area contributed by atoms with E-state index in [1.807, 2.05) is 0 Å². The smallest absolute Gasteiger partial charge is 0.242 e. The molecular weight excluding hydrogens is 274 g/mol. The average molecular weight is 297 g/mol. The van der Waals surface area contributed by atoms with Crippen molar-refractivity contribution in [2.24, 2.45) is 5.92 Å². The Labute approximate surface area is 121 Å². The topological polar surface area (TPSA) is 71.1 Å². The van der Waals surface area contributed by atoms with Crippen LogP contribution in [0.1, 0.15) is 39.0 Å². The zero-order valence-corrected chi connectivity index (χ0v) is 12.7. The van der Waals surface area contributed by atoms with Crippen LogP contribution in [0.5, 0.6) is 0 Å². The molecule has 2 rings (SSSR count). The van der Waals surface area contributed by atoms with Gasteiger partial charge in [-0.3, -0.25) is 0 Å². The molecule has 0 spiro atoms. The first-order chi connectivity index (χ1) is 9.62. The summed E-state index contributed by atoms with van der Waals surface area (Å²) in [4.78, 5) is 4.37. The van der Waals surface area contributed by atoms with E-state index in [1.165, 1.54) is 19.0 Å². The highest BCUT2D eigenvalue weighted by Gasteiger charge is 2.19. The minimum atomic E-state index is -3.43. The number of hydrogen-bond acceptors (Lipinski definition) is 4. The lowest BCUT2D eigenvalue weighted by Gasteiger charge is -2.11. The summed E-state index contributed by atoms with van der Waals surface area (Å²) in [7, 11) is -3.43. The second-order valence-electron chi connectivity index (χ2n) is 5.31. The van der Waals surface area contributed by atoms with Crippen molar-refractivity contribution < 1.29 is 8.42 Å². The summed E-state index contributed by atoms with van der Waals surface area (Å²) in [6, 6.07) is 3.31. The summed E-state index contributed by atoms with van der Waals surface area (Å²) in [5, 5.41) is 3.12. The minimum Gasteiger partial charge on any atom is -0.370 e. The van der Waals surface area contributed by atoms with Crippen molar-refractivity contribution in [3.8, 4) is 0 Å². The predicted octanol–water partition coefficient (Wildman–Crippen LogP) is 2.37. The van der Waals surface area contributed by atoms with Crippen LogP contribution in [0.4, 0.5) is 5.82 Å². The van der Waals surface area contributed by atoms with E-state index in [0.29, 0.717) is 18.3 Å². The van der Waals surface area contributed by atoms with Gasteiger partial charge in [0.05, 0.1) is 0 Å². The Morgan fingerprint density at radius 3 is 2.65 bits per heavy atom. The van der Waals surface area contributed by atoms with Crippen molar-refractivity contribution >= 4 is 15.8 Å². The van der Waals surface area contributed by atoms with E-state index in [9.17, 15) is 8.42 Å². The molecule has 0 aliphatic heterocycles. The fourth-order valence-electron chi connectivity index (χ4n) is 2.42. The lowest BCUT2D eigenvalue weighted by molar-refractivity contribution is 0.519. The minimum absolute atomic E-state index is 0.234. The largest absolute Gasteiger partial charge is 0.370 e. The summed E-state index contributed by atoms with van der Waals surface area (Å²) >= 11 is 0. The molecule has 6 heteroatoms. The van der Waals surface area contributed by atoms with Crippen LogP contribution in [0, 0.1) is 5.92 Å². The second kappa shape index (κ2) is 7.04. The number of pyridine rings is 1. The standard InChI is InChI=1S/C14H23N3O2S/c1-2-9-15-14-8-7-13(11-16-14)20(18,19)17-10-12-5-3-4-6-12/h7-8,11-12,17H,2-6,9-10H2,1H3,(H,15,16). The van der Waals surface area contributed by atoms with Crippen LogP contribution in [0.15, 0.2) is 23.2 Å². The Bertz CT molecular complexity index is 508. The Hall–Kier alpha value is -1.14. The van der Waals surface area contributed by atoms with Gasteiger partial charge in [-0.1, -0.05) is 19.8 Å². The molecule has 1 aromatic rings. The molecule has 0 radical (unpaired) electrons. The van der Waals surface area contributed by atoms with E-state index in [0.717, 1.165) is 25.8 Å². The van der Waals surface area contributed by atoms with Crippen molar-refractivity contribution in [1.82, 2.24) is 9.71 Å². The number of sulfonamides is 1. The van der Waals surface area contributed by atoms with E-state index in [-0.39, 0.29) is 4.90 Å². The van der Waals surface area contributed by atoms with Crippen LogP contribution < -0.4 is 10.0 Å². The van der Waals surface area contributed by atoms with Crippen molar-refractivity contribution in [3.63, 3.8) is 0 Å². The molecule has 0 unspecified atom stereocenters. The number of nitrogens with one attached hydrogen (secondary N) is 2. The van der Waals surface area contributed by atoms with Crippen molar-refractivity contribution in [3.05, 3.63) is 18.3 Å². The van der Waals surface area contributed by atoms with Crippen molar-refractivity contribution in [2.75, 3.05) is 18.4 Å². The highest BCUT2D eigenvalue weighted by molar-refractivity contribution is 7.89. The van der Waals surface area contributed by atoms with Gasteiger partial charge >= 0.3 is 0 Å². The molecule has 0 bridgehead atoms. The molecule has 0 saturated heterocycles. The highest BCUT2D eigenvalue weighted by atomic mass is 32.2. The normalized spacial score (nSPS) is 16.4. The summed E-state index contributed by atoms with van der Waals surface area (Å²) in [6.45, 7) is 3.44. The predicted molar refractivity (Wildman–Crippen MR) is 80.2 cm³/mol. The Morgan fingerprint density at radius 1 is 1.30 bits per heavy atom. The molecule has 1 aliphatic carbocycles. The lowest BCUT2D eigenvalue weighted by Crippen LogP contribution is -2.28. The monoisotopic (exact) mass is 297 g/mol. The number of rotatable bonds is 7. The van der Waals surface area contributed by atoms with Gasteiger partial charge in [0, 0.05) is 19.3 Å².